The lowest BCUT2D eigenvalue weighted by atomic mass is 10.1. The molecule has 2 unspecified atom stereocenters. The maximum absolute atomic E-state index is 13.7. The van der Waals surface area contributed by atoms with Crippen molar-refractivity contribution in [2.45, 2.75) is 37.9 Å². The Hall–Kier alpha value is -0.430. The number of alkyl halides is 5. The molecule has 0 fully saturated rings. The Labute approximate surface area is 101 Å². The minimum Gasteiger partial charge on any atom is -1.00 e. The van der Waals surface area contributed by atoms with E-state index in [0.29, 0.717) is 6.42 Å². The third-order valence-corrected chi connectivity index (χ3v) is 2.54. The van der Waals surface area contributed by atoms with Gasteiger partial charge in [-0.05, 0) is 4.71 Å². The fraction of sp³-hybridized carbons (Fsp3) is 0.778. The van der Waals surface area contributed by atoms with E-state index in [9.17, 15) is 26.4 Å². The summed E-state index contributed by atoms with van der Waals surface area (Å²) in [5, 5.41) is 0. The van der Waals surface area contributed by atoms with Crippen molar-refractivity contribution in [3.05, 3.63) is 12.3 Å². The molecular formula is C9H12ClF6N. The lowest BCUT2D eigenvalue weighted by Crippen LogP contribution is -3.00. The molecule has 1 aliphatic rings. The van der Waals surface area contributed by atoms with Gasteiger partial charge < -0.3 is 12.4 Å². The predicted molar refractivity (Wildman–Crippen MR) is 45.1 cm³/mol. The number of nitrogens with zero attached hydrogens (tertiary/aromatic N) is 1. The summed E-state index contributed by atoms with van der Waals surface area (Å²) in [5.74, 6) is -5.02. The highest BCUT2D eigenvalue weighted by Gasteiger charge is 2.77. The SMILES string of the molecule is CCCC[N+]1(F)C=CC(F)C(F)(F)C1(F)F.[Cl-]. The molecule has 0 N–H and O–H groups in total. The van der Waals surface area contributed by atoms with Crippen LogP contribution in [0.25, 0.3) is 0 Å². The summed E-state index contributed by atoms with van der Waals surface area (Å²) in [6, 6.07) is -5.07. The van der Waals surface area contributed by atoms with Crippen molar-refractivity contribution < 1.29 is 43.5 Å². The normalized spacial score (nSPS) is 34.2. The number of unbranched alkanes of at least 4 members (excludes halogenated alkanes) is 1. The second-order valence-electron chi connectivity index (χ2n) is 3.76. The molecule has 2 atom stereocenters. The van der Waals surface area contributed by atoms with E-state index >= 15 is 0 Å². The van der Waals surface area contributed by atoms with Crippen LogP contribution in [0, 0.1) is 0 Å². The monoisotopic (exact) mass is 283 g/mol. The quantitative estimate of drug-likeness (QED) is 0.404. The van der Waals surface area contributed by atoms with Crippen LogP contribution in [0.3, 0.4) is 0 Å². The fourth-order valence-electron chi connectivity index (χ4n) is 1.44. The third kappa shape index (κ3) is 2.40. The number of halogens is 7. The van der Waals surface area contributed by atoms with Gasteiger partial charge in [0.15, 0.2) is 0 Å². The molecule has 0 saturated heterocycles. The van der Waals surface area contributed by atoms with Gasteiger partial charge in [-0.15, -0.1) is 8.78 Å². The zero-order valence-corrected chi connectivity index (χ0v) is 9.70. The molecule has 0 radical (unpaired) electrons. The van der Waals surface area contributed by atoms with Gasteiger partial charge in [-0.3, -0.25) is 0 Å². The third-order valence-electron chi connectivity index (χ3n) is 2.54. The number of rotatable bonds is 3. The van der Waals surface area contributed by atoms with Crippen molar-refractivity contribution in [2.75, 3.05) is 6.54 Å². The maximum atomic E-state index is 13.7. The summed E-state index contributed by atoms with van der Waals surface area (Å²) in [6.45, 7) is 0.802. The van der Waals surface area contributed by atoms with Gasteiger partial charge >= 0.3 is 12.0 Å². The average Bonchev–Trinajstić information content (AvgIpc) is 2.20. The fourth-order valence-corrected chi connectivity index (χ4v) is 1.44. The first-order chi connectivity index (χ1) is 7.19. The molecule has 8 heteroatoms. The van der Waals surface area contributed by atoms with Crippen LogP contribution < -0.4 is 12.4 Å². The van der Waals surface area contributed by atoms with Gasteiger partial charge in [0.25, 0.3) is 0 Å². The van der Waals surface area contributed by atoms with Crippen LogP contribution in [0.5, 0.6) is 0 Å². The minimum absolute atomic E-state index is 0. The summed E-state index contributed by atoms with van der Waals surface area (Å²) in [6.07, 6.45) is -2.47. The second kappa shape index (κ2) is 5.06. The number of quaternary nitrogens is 1. The van der Waals surface area contributed by atoms with Crippen LogP contribution in [0.15, 0.2) is 12.3 Å². The van der Waals surface area contributed by atoms with Gasteiger partial charge in [0.1, 0.15) is 12.7 Å². The first kappa shape index (κ1) is 16.6. The molecule has 0 bridgehead atoms. The number of allylic oxidation sites excluding steroid dienone is 1. The van der Waals surface area contributed by atoms with E-state index in [2.05, 4.69) is 0 Å². The van der Waals surface area contributed by atoms with E-state index in [0.717, 1.165) is 0 Å². The summed E-state index contributed by atoms with van der Waals surface area (Å²) < 4.78 is 75.6. The minimum atomic E-state index is -5.07. The maximum Gasteiger partial charge on any atom is 0.498 e. The molecule has 0 aromatic heterocycles. The Morgan fingerprint density at radius 2 is 1.76 bits per heavy atom. The summed E-state index contributed by atoms with van der Waals surface area (Å²) in [7, 11) is 0. The molecule has 0 saturated carbocycles. The summed E-state index contributed by atoms with van der Waals surface area (Å²) in [4.78, 5) is 0. The topological polar surface area (TPSA) is 0 Å². The van der Waals surface area contributed by atoms with Crippen molar-refractivity contribution in [2.24, 2.45) is 0 Å². The Balaban J connectivity index is 0.00000256. The molecule has 102 valence electrons. The van der Waals surface area contributed by atoms with Gasteiger partial charge in [0.2, 0.25) is 6.17 Å². The zero-order valence-electron chi connectivity index (χ0n) is 8.95. The van der Waals surface area contributed by atoms with Crippen molar-refractivity contribution in [3.63, 3.8) is 0 Å². The molecule has 0 amide bonds. The van der Waals surface area contributed by atoms with Crippen LogP contribution in [0.1, 0.15) is 19.8 Å². The van der Waals surface area contributed by atoms with Crippen molar-refractivity contribution in [1.82, 2.24) is 0 Å². The first-order valence-electron chi connectivity index (χ1n) is 4.85. The Morgan fingerprint density at radius 1 is 1.24 bits per heavy atom. The molecular weight excluding hydrogens is 272 g/mol. The standard InChI is InChI=1S/C9H12F6N.ClH/c1-2-3-5-16(15)6-4-7(10)8(11,12)9(16,13)14;/h4,6-7H,2-3,5H2,1H3;1H/q+1;/p-1. The van der Waals surface area contributed by atoms with Gasteiger partial charge in [-0.1, -0.05) is 13.3 Å². The molecule has 1 nitrogen and oxygen atoms in total. The summed E-state index contributed by atoms with van der Waals surface area (Å²) >= 11 is 0. The molecule has 17 heavy (non-hydrogen) atoms. The number of hydrogen-bond acceptors (Lipinski definition) is 0. The smallest absolute Gasteiger partial charge is 0.498 e. The van der Waals surface area contributed by atoms with Gasteiger partial charge in [0.05, 0.1) is 0 Å². The summed E-state index contributed by atoms with van der Waals surface area (Å²) in [5.41, 5.74) is 0. The highest BCUT2D eigenvalue weighted by atomic mass is 35.5. The van der Waals surface area contributed by atoms with E-state index in [4.69, 9.17) is 0 Å². The van der Waals surface area contributed by atoms with Crippen molar-refractivity contribution in [1.29, 1.82) is 0 Å². The lowest BCUT2D eigenvalue weighted by Gasteiger charge is -2.37. The van der Waals surface area contributed by atoms with Gasteiger partial charge in [0, 0.05) is 17.0 Å². The zero-order chi connectivity index (χ0) is 12.6. The van der Waals surface area contributed by atoms with Gasteiger partial charge in [-0.25, -0.2) is 4.39 Å². The average molecular weight is 284 g/mol. The predicted octanol–water partition coefficient (Wildman–Crippen LogP) is 0.585. The molecule has 0 spiro atoms. The molecule has 1 rings (SSSR count). The number of hydrogen-bond donors (Lipinski definition) is 0. The van der Waals surface area contributed by atoms with Crippen LogP contribution in [0.2, 0.25) is 0 Å². The molecule has 0 aromatic carbocycles. The molecule has 0 aromatic rings. The van der Waals surface area contributed by atoms with Gasteiger partial charge in [-0.2, -0.15) is 8.78 Å². The van der Waals surface area contributed by atoms with Crippen molar-refractivity contribution >= 4 is 0 Å². The highest BCUT2D eigenvalue weighted by Crippen LogP contribution is 2.49. The molecule has 1 aliphatic heterocycles. The van der Waals surface area contributed by atoms with Crippen LogP contribution in [-0.4, -0.2) is 29.4 Å². The van der Waals surface area contributed by atoms with E-state index in [1.54, 1.807) is 6.92 Å². The van der Waals surface area contributed by atoms with Crippen LogP contribution >= 0.6 is 0 Å². The van der Waals surface area contributed by atoms with E-state index < -0.39 is 29.4 Å². The Kier molecular flexibility index (Phi) is 4.93. The van der Waals surface area contributed by atoms with Crippen molar-refractivity contribution in [3.8, 4) is 0 Å². The van der Waals surface area contributed by atoms with Crippen LogP contribution in [-0.2, 0) is 0 Å². The van der Waals surface area contributed by atoms with E-state index in [1.807, 2.05) is 0 Å². The second-order valence-corrected chi connectivity index (χ2v) is 3.76. The Bertz CT molecular complexity index is 295. The largest absolute Gasteiger partial charge is 1.00 e. The molecule has 0 aliphatic carbocycles. The van der Waals surface area contributed by atoms with Crippen LogP contribution in [0.4, 0.5) is 26.4 Å². The van der Waals surface area contributed by atoms with E-state index in [-0.39, 0.29) is 31.1 Å². The lowest BCUT2D eigenvalue weighted by molar-refractivity contribution is -1.09. The first-order valence-corrected chi connectivity index (χ1v) is 4.85. The van der Waals surface area contributed by atoms with E-state index in [1.165, 1.54) is 0 Å². The highest BCUT2D eigenvalue weighted by molar-refractivity contribution is 5.02. The molecule has 1 heterocycles. The Morgan fingerprint density at radius 3 is 2.24 bits per heavy atom.